The summed E-state index contributed by atoms with van der Waals surface area (Å²) in [5.41, 5.74) is 1.55. The lowest BCUT2D eigenvalue weighted by Crippen LogP contribution is -2.42. The van der Waals surface area contributed by atoms with Gasteiger partial charge in [0.1, 0.15) is 0 Å². The van der Waals surface area contributed by atoms with Crippen LogP contribution in [-0.2, 0) is 6.42 Å². The zero-order chi connectivity index (χ0) is 12.0. The molecule has 1 aliphatic heterocycles. The number of aliphatic hydroxyl groups is 1. The van der Waals surface area contributed by atoms with Gasteiger partial charge in [-0.3, -0.25) is 0 Å². The van der Waals surface area contributed by atoms with Crippen LogP contribution in [0.1, 0.15) is 31.2 Å². The Balaban J connectivity index is 1.80. The Bertz CT molecular complexity index is 317. The maximum Gasteiger partial charge on any atom is 0.0499 e. The Kier molecular flexibility index (Phi) is 4.57. The second-order valence-electron chi connectivity index (χ2n) is 5.28. The number of aliphatic hydroxyl groups excluding tert-OH is 1. The molecule has 0 aromatic heterocycles. The third kappa shape index (κ3) is 3.55. The molecule has 0 radical (unpaired) electrons. The van der Waals surface area contributed by atoms with Crippen molar-refractivity contribution < 1.29 is 5.11 Å². The first-order valence-corrected chi connectivity index (χ1v) is 6.70. The van der Waals surface area contributed by atoms with Gasteiger partial charge in [-0.2, -0.15) is 0 Å². The molecule has 0 amide bonds. The van der Waals surface area contributed by atoms with E-state index in [-0.39, 0.29) is 5.41 Å². The Labute approximate surface area is 104 Å². The molecule has 2 rings (SSSR count). The molecular weight excluding hydrogens is 210 g/mol. The van der Waals surface area contributed by atoms with Gasteiger partial charge in [-0.25, -0.2) is 0 Å². The van der Waals surface area contributed by atoms with Gasteiger partial charge in [-0.15, -0.1) is 0 Å². The summed E-state index contributed by atoms with van der Waals surface area (Å²) >= 11 is 0. The van der Waals surface area contributed by atoms with Crippen molar-refractivity contribution in [1.29, 1.82) is 0 Å². The predicted octanol–water partition coefficient (Wildman–Crippen LogP) is 2.37. The molecule has 1 heterocycles. The molecule has 1 aromatic rings. The number of hydrogen-bond donors (Lipinski definition) is 2. The molecule has 2 heteroatoms. The summed E-state index contributed by atoms with van der Waals surface area (Å²) in [7, 11) is 0. The number of piperidine rings is 1. The average Bonchev–Trinajstić information content (AvgIpc) is 2.41. The van der Waals surface area contributed by atoms with E-state index in [9.17, 15) is 5.11 Å². The molecule has 0 aliphatic carbocycles. The minimum Gasteiger partial charge on any atom is -0.396 e. The van der Waals surface area contributed by atoms with Crippen molar-refractivity contribution in [2.45, 2.75) is 32.1 Å². The lowest BCUT2D eigenvalue weighted by Gasteiger charge is -2.36. The molecule has 1 saturated heterocycles. The van der Waals surface area contributed by atoms with E-state index in [2.05, 4.69) is 35.6 Å². The van der Waals surface area contributed by atoms with E-state index in [1.165, 1.54) is 24.8 Å². The van der Waals surface area contributed by atoms with Crippen LogP contribution in [0.4, 0.5) is 0 Å². The van der Waals surface area contributed by atoms with Crippen LogP contribution in [0, 0.1) is 5.41 Å². The monoisotopic (exact) mass is 233 g/mol. The number of aryl methyl sites for hydroxylation is 1. The fourth-order valence-electron chi connectivity index (χ4n) is 2.77. The van der Waals surface area contributed by atoms with Crippen molar-refractivity contribution in [2.75, 3.05) is 19.7 Å². The molecule has 1 fully saturated rings. The highest BCUT2D eigenvalue weighted by molar-refractivity contribution is 5.14. The Morgan fingerprint density at radius 3 is 2.71 bits per heavy atom. The standard InChI is InChI=1S/C15H23NO/c17-13-15(10-5-11-16-12-15)9-4-8-14-6-2-1-3-7-14/h1-3,6-7,16-17H,4-5,8-13H2/t15-/m0/s1. The quantitative estimate of drug-likeness (QED) is 0.818. The van der Waals surface area contributed by atoms with Crippen LogP contribution in [0.25, 0.3) is 0 Å². The molecule has 0 saturated carbocycles. The molecule has 2 N–H and O–H groups in total. The molecule has 1 aromatic carbocycles. The maximum atomic E-state index is 9.60. The second-order valence-corrected chi connectivity index (χ2v) is 5.28. The van der Waals surface area contributed by atoms with Crippen molar-refractivity contribution in [3.8, 4) is 0 Å². The van der Waals surface area contributed by atoms with Crippen molar-refractivity contribution in [3.05, 3.63) is 35.9 Å². The topological polar surface area (TPSA) is 32.3 Å². The Hall–Kier alpha value is -0.860. The molecule has 0 spiro atoms. The van der Waals surface area contributed by atoms with Crippen molar-refractivity contribution in [2.24, 2.45) is 5.41 Å². The van der Waals surface area contributed by atoms with Crippen LogP contribution in [-0.4, -0.2) is 24.8 Å². The Morgan fingerprint density at radius 2 is 2.06 bits per heavy atom. The fraction of sp³-hybridized carbons (Fsp3) is 0.600. The van der Waals surface area contributed by atoms with Gasteiger partial charge in [0.25, 0.3) is 0 Å². The summed E-state index contributed by atoms with van der Waals surface area (Å²) in [6.07, 6.45) is 5.80. The van der Waals surface area contributed by atoms with Gasteiger partial charge in [0, 0.05) is 18.6 Å². The van der Waals surface area contributed by atoms with Crippen LogP contribution in [0.15, 0.2) is 30.3 Å². The molecule has 94 valence electrons. The summed E-state index contributed by atoms with van der Waals surface area (Å²) < 4.78 is 0. The first-order valence-electron chi connectivity index (χ1n) is 6.70. The number of hydrogen-bond acceptors (Lipinski definition) is 2. The van der Waals surface area contributed by atoms with Crippen LogP contribution in [0.3, 0.4) is 0 Å². The largest absolute Gasteiger partial charge is 0.396 e. The predicted molar refractivity (Wildman–Crippen MR) is 71.0 cm³/mol. The van der Waals surface area contributed by atoms with Crippen LogP contribution in [0.5, 0.6) is 0 Å². The summed E-state index contributed by atoms with van der Waals surface area (Å²) in [6.45, 7) is 2.42. The zero-order valence-corrected chi connectivity index (χ0v) is 10.5. The van der Waals surface area contributed by atoms with Gasteiger partial charge in [0.2, 0.25) is 0 Å². The minimum atomic E-state index is 0.146. The summed E-state index contributed by atoms with van der Waals surface area (Å²) in [6, 6.07) is 10.6. The number of nitrogens with one attached hydrogen (secondary N) is 1. The highest BCUT2D eigenvalue weighted by Gasteiger charge is 2.30. The SMILES string of the molecule is OC[C@@]1(CCCc2ccccc2)CCCNC1. The van der Waals surface area contributed by atoms with Gasteiger partial charge in [0.15, 0.2) is 0 Å². The van der Waals surface area contributed by atoms with E-state index in [1.54, 1.807) is 0 Å². The van der Waals surface area contributed by atoms with E-state index in [1.807, 2.05) is 0 Å². The number of rotatable bonds is 5. The van der Waals surface area contributed by atoms with E-state index in [0.717, 1.165) is 25.9 Å². The lowest BCUT2D eigenvalue weighted by atomic mass is 9.77. The molecule has 17 heavy (non-hydrogen) atoms. The second kappa shape index (κ2) is 6.18. The first kappa shape index (κ1) is 12.6. The maximum absolute atomic E-state index is 9.60. The summed E-state index contributed by atoms with van der Waals surface area (Å²) in [4.78, 5) is 0. The highest BCUT2D eigenvalue weighted by atomic mass is 16.3. The lowest BCUT2D eigenvalue weighted by molar-refractivity contribution is 0.0838. The molecular formula is C15H23NO. The van der Waals surface area contributed by atoms with Crippen molar-refractivity contribution in [1.82, 2.24) is 5.32 Å². The fourth-order valence-corrected chi connectivity index (χ4v) is 2.77. The molecule has 2 nitrogen and oxygen atoms in total. The smallest absolute Gasteiger partial charge is 0.0499 e. The molecule has 0 bridgehead atoms. The van der Waals surface area contributed by atoms with Gasteiger partial charge >= 0.3 is 0 Å². The Morgan fingerprint density at radius 1 is 1.24 bits per heavy atom. The average molecular weight is 233 g/mol. The third-order valence-corrected chi connectivity index (χ3v) is 3.91. The van der Waals surface area contributed by atoms with Gasteiger partial charge in [0.05, 0.1) is 0 Å². The van der Waals surface area contributed by atoms with E-state index >= 15 is 0 Å². The van der Waals surface area contributed by atoms with Crippen LogP contribution >= 0.6 is 0 Å². The van der Waals surface area contributed by atoms with Gasteiger partial charge < -0.3 is 10.4 Å². The normalized spacial score (nSPS) is 24.8. The van der Waals surface area contributed by atoms with Gasteiger partial charge in [-0.1, -0.05) is 30.3 Å². The van der Waals surface area contributed by atoms with Crippen LogP contribution < -0.4 is 5.32 Å². The first-order chi connectivity index (χ1) is 8.35. The number of benzene rings is 1. The van der Waals surface area contributed by atoms with Crippen molar-refractivity contribution >= 4 is 0 Å². The van der Waals surface area contributed by atoms with E-state index < -0.39 is 0 Å². The summed E-state index contributed by atoms with van der Waals surface area (Å²) in [5.74, 6) is 0. The summed E-state index contributed by atoms with van der Waals surface area (Å²) in [5, 5.41) is 13.0. The van der Waals surface area contributed by atoms with E-state index in [4.69, 9.17) is 0 Å². The zero-order valence-electron chi connectivity index (χ0n) is 10.5. The third-order valence-electron chi connectivity index (χ3n) is 3.91. The van der Waals surface area contributed by atoms with Crippen molar-refractivity contribution in [3.63, 3.8) is 0 Å². The van der Waals surface area contributed by atoms with Gasteiger partial charge in [-0.05, 0) is 44.2 Å². The highest BCUT2D eigenvalue weighted by Crippen LogP contribution is 2.31. The molecule has 1 atom stereocenters. The molecule has 0 unspecified atom stereocenters. The molecule has 1 aliphatic rings. The van der Waals surface area contributed by atoms with Crippen LogP contribution in [0.2, 0.25) is 0 Å². The van der Waals surface area contributed by atoms with E-state index in [0.29, 0.717) is 6.61 Å². The minimum absolute atomic E-state index is 0.146.